The number of aromatic nitrogens is 4. The highest BCUT2D eigenvalue weighted by molar-refractivity contribution is 7.14. The Morgan fingerprint density at radius 1 is 1.22 bits per heavy atom. The number of nitrogens with one attached hydrogen (secondary N) is 1. The van der Waals surface area contributed by atoms with E-state index in [0.29, 0.717) is 0 Å². The van der Waals surface area contributed by atoms with E-state index in [4.69, 9.17) is 9.72 Å². The zero-order valence-electron chi connectivity index (χ0n) is 12.8. The molecule has 0 spiro atoms. The molecule has 10 heteroatoms. The first-order valence-electron chi connectivity index (χ1n) is 7.28. The van der Waals surface area contributed by atoms with Gasteiger partial charge in [-0.2, -0.15) is 0 Å². The molecule has 2 aromatic rings. The molecule has 0 aromatic carbocycles. The zero-order chi connectivity index (χ0) is 14.2. The van der Waals surface area contributed by atoms with Gasteiger partial charge in [-0.3, -0.25) is 0 Å². The van der Waals surface area contributed by atoms with Crippen molar-refractivity contribution in [1.82, 2.24) is 25.1 Å². The van der Waals surface area contributed by atoms with Crippen LogP contribution in [0.25, 0.3) is 11.5 Å². The Morgan fingerprint density at radius 3 is 2.78 bits per heavy atom. The summed E-state index contributed by atoms with van der Waals surface area (Å²) in [6.45, 7) is 7.32. The molecule has 1 atom stereocenters. The van der Waals surface area contributed by atoms with Crippen molar-refractivity contribution in [3.05, 3.63) is 11.2 Å². The minimum absolute atomic E-state index is 0. The highest BCUT2D eigenvalue weighted by Gasteiger charge is 2.24. The quantitative estimate of drug-likeness (QED) is 0.858. The SMILES string of the molecule is CC1NCCn2c(-c3csc(N4CCOCC4)n3)nnc21.Cl.Cl. The van der Waals surface area contributed by atoms with Crippen molar-refractivity contribution in [2.75, 3.05) is 37.7 Å². The van der Waals surface area contributed by atoms with Gasteiger partial charge in [-0.25, -0.2) is 4.98 Å². The molecule has 2 aliphatic heterocycles. The van der Waals surface area contributed by atoms with E-state index in [0.717, 1.165) is 61.9 Å². The van der Waals surface area contributed by atoms with Crippen LogP contribution in [0.3, 0.4) is 0 Å². The monoisotopic (exact) mass is 378 g/mol. The molecule has 0 amide bonds. The Kier molecular flexibility index (Phi) is 6.21. The summed E-state index contributed by atoms with van der Waals surface area (Å²) in [6, 6.07) is 0.248. The van der Waals surface area contributed by atoms with Gasteiger partial charge in [-0.1, -0.05) is 0 Å². The van der Waals surface area contributed by atoms with Crippen LogP contribution < -0.4 is 10.2 Å². The number of thiazole rings is 1. The summed E-state index contributed by atoms with van der Waals surface area (Å²) in [5, 5.41) is 15.2. The van der Waals surface area contributed by atoms with Crippen molar-refractivity contribution in [2.45, 2.75) is 19.5 Å². The van der Waals surface area contributed by atoms with Gasteiger partial charge >= 0.3 is 0 Å². The number of rotatable bonds is 2. The Morgan fingerprint density at radius 2 is 2.00 bits per heavy atom. The molecule has 4 rings (SSSR count). The Labute approximate surface area is 151 Å². The normalized spacial score (nSPS) is 20.4. The molecule has 2 aliphatic rings. The topological polar surface area (TPSA) is 68.1 Å². The van der Waals surface area contributed by atoms with E-state index in [-0.39, 0.29) is 30.9 Å². The van der Waals surface area contributed by atoms with Crippen molar-refractivity contribution in [3.8, 4) is 11.5 Å². The average Bonchev–Trinajstić information content (AvgIpc) is 3.15. The molecule has 1 N–H and O–H groups in total. The van der Waals surface area contributed by atoms with Crippen LogP contribution in [-0.4, -0.2) is 52.6 Å². The largest absolute Gasteiger partial charge is 0.378 e. The summed E-state index contributed by atoms with van der Waals surface area (Å²) in [5.41, 5.74) is 0.925. The van der Waals surface area contributed by atoms with E-state index in [1.165, 1.54) is 0 Å². The van der Waals surface area contributed by atoms with Crippen LogP contribution in [0, 0.1) is 0 Å². The van der Waals surface area contributed by atoms with Crippen LogP contribution >= 0.6 is 36.2 Å². The van der Waals surface area contributed by atoms with Gasteiger partial charge in [-0.15, -0.1) is 46.3 Å². The Bertz CT molecular complexity index is 642. The lowest BCUT2D eigenvalue weighted by Crippen LogP contribution is -2.36. The van der Waals surface area contributed by atoms with Crippen molar-refractivity contribution >= 4 is 41.3 Å². The summed E-state index contributed by atoms with van der Waals surface area (Å²) in [5.74, 6) is 1.88. The van der Waals surface area contributed by atoms with E-state index < -0.39 is 0 Å². The van der Waals surface area contributed by atoms with Gasteiger partial charge in [0.15, 0.2) is 11.0 Å². The lowest BCUT2D eigenvalue weighted by atomic mass is 10.2. The number of fused-ring (bicyclic) bond motifs is 1. The maximum atomic E-state index is 5.39. The predicted molar refractivity (Wildman–Crippen MR) is 95.1 cm³/mol. The maximum absolute atomic E-state index is 5.39. The highest BCUT2D eigenvalue weighted by atomic mass is 35.5. The molecule has 1 unspecified atom stereocenters. The van der Waals surface area contributed by atoms with Gasteiger partial charge in [0.25, 0.3) is 0 Å². The molecule has 128 valence electrons. The van der Waals surface area contributed by atoms with Crippen LogP contribution in [0.5, 0.6) is 0 Å². The predicted octanol–water partition coefficient (Wildman–Crippen LogP) is 1.75. The first-order valence-corrected chi connectivity index (χ1v) is 8.16. The molecule has 1 fully saturated rings. The summed E-state index contributed by atoms with van der Waals surface area (Å²) < 4.78 is 7.57. The first-order chi connectivity index (χ1) is 10.3. The lowest BCUT2D eigenvalue weighted by molar-refractivity contribution is 0.122. The van der Waals surface area contributed by atoms with Gasteiger partial charge in [0, 0.05) is 31.6 Å². The minimum Gasteiger partial charge on any atom is -0.378 e. The molecule has 0 aliphatic carbocycles. The molecule has 2 aromatic heterocycles. The van der Waals surface area contributed by atoms with Crippen LogP contribution in [-0.2, 0) is 11.3 Å². The average molecular weight is 379 g/mol. The number of nitrogens with zero attached hydrogens (tertiary/aromatic N) is 5. The molecule has 23 heavy (non-hydrogen) atoms. The van der Waals surface area contributed by atoms with E-state index in [1.54, 1.807) is 11.3 Å². The van der Waals surface area contributed by atoms with Gasteiger partial charge < -0.3 is 19.5 Å². The van der Waals surface area contributed by atoms with Gasteiger partial charge in [0.1, 0.15) is 11.5 Å². The van der Waals surface area contributed by atoms with Crippen molar-refractivity contribution in [3.63, 3.8) is 0 Å². The van der Waals surface area contributed by atoms with Gasteiger partial charge in [-0.05, 0) is 6.92 Å². The van der Waals surface area contributed by atoms with Gasteiger partial charge in [0.2, 0.25) is 0 Å². The van der Waals surface area contributed by atoms with E-state index in [2.05, 4.69) is 37.3 Å². The smallest absolute Gasteiger partial charge is 0.186 e. The summed E-state index contributed by atoms with van der Waals surface area (Å²) in [4.78, 5) is 7.03. The van der Waals surface area contributed by atoms with Crippen LogP contribution in [0.4, 0.5) is 5.13 Å². The summed E-state index contributed by atoms with van der Waals surface area (Å²) in [6.07, 6.45) is 0. The van der Waals surface area contributed by atoms with Gasteiger partial charge in [0.05, 0.1) is 19.3 Å². The number of hydrogen-bond acceptors (Lipinski definition) is 7. The third-order valence-corrected chi connectivity index (χ3v) is 4.86. The van der Waals surface area contributed by atoms with Crippen LogP contribution in [0.2, 0.25) is 0 Å². The number of anilines is 1. The molecule has 4 heterocycles. The number of morpholine rings is 1. The molecule has 0 radical (unpaired) electrons. The molecule has 0 saturated carbocycles. The molecular weight excluding hydrogens is 359 g/mol. The molecule has 7 nitrogen and oxygen atoms in total. The first kappa shape index (κ1) is 18.4. The number of hydrogen-bond donors (Lipinski definition) is 1. The fraction of sp³-hybridized carbons (Fsp3) is 0.615. The molecule has 0 bridgehead atoms. The lowest BCUT2D eigenvalue weighted by Gasteiger charge is -2.26. The van der Waals surface area contributed by atoms with Crippen molar-refractivity contribution < 1.29 is 4.74 Å². The fourth-order valence-corrected chi connectivity index (χ4v) is 3.65. The van der Waals surface area contributed by atoms with E-state index in [9.17, 15) is 0 Å². The van der Waals surface area contributed by atoms with E-state index in [1.807, 2.05) is 0 Å². The number of ether oxygens (including phenoxy) is 1. The number of halogens is 2. The highest BCUT2D eigenvalue weighted by Crippen LogP contribution is 2.29. The standard InChI is InChI=1S/C13H18N6OS.2ClH/c1-9-11-16-17-12(19(11)3-2-14-9)10-8-21-13(15-10)18-4-6-20-7-5-18;;/h8-9,14H,2-7H2,1H3;2*1H. The zero-order valence-corrected chi connectivity index (χ0v) is 15.2. The molecule has 1 saturated heterocycles. The third kappa shape index (κ3) is 3.46. The second-order valence-electron chi connectivity index (χ2n) is 5.32. The summed E-state index contributed by atoms with van der Waals surface area (Å²) >= 11 is 1.67. The third-order valence-electron chi connectivity index (χ3n) is 3.96. The summed E-state index contributed by atoms with van der Waals surface area (Å²) in [7, 11) is 0. The Balaban J connectivity index is 0.000000960. The maximum Gasteiger partial charge on any atom is 0.186 e. The van der Waals surface area contributed by atoms with Crippen molar-refractivity contribution in [2.24, 2.45) is 0 Å². The molecular formula is C13H20Cl2N6OS. The van der Waals surface area contributed by atoms with Crippen LogP contribution in [0.1, 0.15) is 18.8 Å². The minimum atomic E-state index is 0. The second-order valence-corrected chi connectivity index (χ2v) is 6.16. The van der Waals surface area contributed by atoms with E-state index >= 15 is 0 Å². The van der Waals surface area contributed by atoms with Crippen LogP contribution in [0.15, 0.2) is 5.38 Å². The Hall–Kier alpha value is -0.930. The van der Waals surface area contributed by atoms with Crippen molar-refractivity contribution in [1.29, 1.82) is 0 Å². The second kappa shape index (κ2) is 7.76. The fourth-order valence-electron chi connectivity index (χ4n) is 2.80.